The van der Waals surface area contributed by atoms with E-state index in [-0.39, 0.29) is 17.7 Å². The monoisotopic (exact) mass is 418 g/mol. The number of thioether (sulfide) groups is 1. The van der Waals surface area contributed by atoms with Crippen molar-refractivity contribution < 1.29 is 13.2 Å². The van der Waals surface area contributed by atoms with E-state index >= 15 is 0 Å². The molecule has 2 saturated carbocycles. The molecular weight excluding hydrogens is 384 g/mol. The molecule has 0 amide bonds. The molecule has 1 spiro atoms. The highest BCUT2D eigenvalue weighted by Crippen LogP contribution is 2.57. The molecule has 0 bridgehead atoms. The first-order valence-electron chi connectivity index (χ1n) is 10.2. The van der Waals surface area contributed by atoms with E-state index in [0.717, 1.165) is 37.0 Å². The molecular formula is C18H34N4O3S2. The first-order valence-corrected chi connectivity index (χ1v) is 13.0. The maximum absolute atomic E-state index is 12.5. The van der Waals surface area contributed by atoms with Crippen molar-refractivity contribution in [2.45, 2.75) is 51.7 Å². The van der Waals surface area contributed by atoms with E-state index in [0.29, 0.717) is 25.2 Å². The van der Waals surface area contributed by atoms with Crippen LogP contribution < -0.4 is 10.6 Å². The third-order valence-electron chi connectivity index (χ3n) is 6.08. The SMILES string of the molecule is CCNC(=NCCS(=O)(=O)N1CCSCC1)NC1CC(OCC)C12CCC2. The molecule has 9 heteroatoms. The molecule has 2 aliphatic carbocycles. The standard InChI is InChI=1S/C18H34N4O3S2/c1-3-19-17(20-8-13-27(23,24)22-9-11-26-12-10-22)21-15-14-16(25-4-2)18(15)6-5-7-18/h15-16H,3-14H2,1-2H3,(H2,19,20,21). The number of aliphatic imine (C=N–C) groups is 1. The maximum Gasteiger partial charge on any atom is 0.215 e. The van der Waals surface area contributed by atoms with Gasteiger partial charge in [0.2, 0.25) is 10.0 Å². The minimum atomic E-state index is -3.21. The van der Waals surface area contributed by atoms with E-state index in [9.17, 15) is 8.42 Å². The van der Waals surface area contributed by atoms with Crippen molar-refractivity contribution in [2.75, 3.05) is 50.0 Å². The van der Waals surface area contributed by atoms with Crippen molar-refractivity contribution in [1.29, 1.82) is 0 Å². The molecule has 27 heavy (non-hydrogen) atoms. The number of nitrogens with one attached hydrogen (secondary N) is 2. The van der Waals surface area contributed by atoms with Crippen molar-refractivity contribution >= 4 is 27.7 Å². The van der Waals surface area contributed by atoms with Gasteiger partial charge in [0.1, 0.15) is 0 Å². The Bertz CT molecular complexity index is 616. The fourth-order valence-corrected chi connectivity index (χ4v) is 6.81. The van der Waals surface area contributed by atoms with Gasteiger partial charge in [0.15, 0.2) is 5.96 Å². The van der Waals surface area contributed by atoms with Crippen LogP contribution in [0.2, 0.25) is 0 Å². The second-order valence-corrected chi connectivity index (χ2v) is 10.9. The second kappa shape index (κ2) is 9.33. The smallest absolute Gasteiger partial charge is 0.215 e. The summed E-state index contributed by atoms with van der Waals surface area (Å²) >= 11 is 1.81. The van der Waals surface area contributed by atoms with Crippen LogP contribution in [-0.4, -0.2) is 80.9 Å². The van der Waals surface area contributed by atoms with Crippen LogP contribution in [0.25, 0.3) is 0 Å². The van der Waals surface area contributed by atoms with Crippen molar-refractivity contribution in [3.8, 4) is 0 Å². The Balaban J connectivity index is 1.54. The quantitative estimate of drug-likeness (QED) is 0.456. The van der Waals surface area contributed by atoms with Crippen LogP contribution in [0, 0.1) is 5.41 Å². The Morgan fingerprint density at radius 2 is 2.04 bits per heavy atom. The lowest BCUT2D eigenvalue weighted by atomic mass is 9.51. The van der Waals surface area contributed by atoms with Crippen LogP contribution in [0.15, 0.2) is 4.99 Å². The Labute approximate surface area is 168 Å². The van der Waals surface area contributed by atoms with Gasteiger partial charge in [-0.1, -0.05) is 6.42 Å². The summed E-state index contributed by atoms with van der Waals surface area (Å²) in [5.74, 6) is 2.58. The minimum absolute atomic E-state index is 0.0750. The zero-order chi connectivity index (χ0) is 19.3. The topological polar surface area (TPSA) is 83.0 Å². The van der Waals surface area contributed by atoms with Crippen LogP contribution in [0.1, 0.15) is 39.5 Å². The molecule has 1 heterocycles. The van der Waals surface area contributed by atoms with E-state index < -0.39 is 10.0 Å². The molecule has 3 aliphatic rings. The van der Waals surface area contributed by atoms with Gasteiger partial charge in [0, 0.05) is 49.2 Å². The number of hydrogen-bond acceptors (Lipinski definition) is 5. The highest BCUT2D eigenvalue weighted by Gasteiger charge is 2.59. The van der Waals surface area contributed by atoms with Crippen LogP contribution >= 0.6 is 11.8 Å². The summed E-state index contributed by atoms with van der Waals surface area (Å²) in [6.45, 7) is 7.14. The summed E-state index contributed by atoms with van der Waals surface area (Å²) in [6.07, 6.45) is 5.03. The van der Waals surface area contributed by atoms with Gasteiger partial charge in [-0.2, -0.15) is 11.8 Å². The van der Waals surface area contributed by atoms with Gasteiger partial charge in [-0.05, 0) is 33.1 Å². The van der Waals surface area contributed by atoms with Gasteiger partial charge < -0.3 is 15.4 Å². The molecule has 0 aromatic carbocycles. The Morgan fingerprint density at radius 3 is 2.63 bits per heavy atom. The first kappa shape index (κ1) is 21.2. The average molecular weight is 419 g/mol. The Hall–Kier alpha value is -0.510. The summed E-state index contributed by atoms with van der Waals surface area (Å²) in [5.41, 5.74) is 0.254. The molecule has 3 rings (SSSR count). The molecule has 3 fully saturated rings. The van der Waals surface area contributed by atoms with Gasteiger partial charge in [-0.3, -0.25) is 4.99 Å². The van der Waals surface area contributed by atoms with Gasteiger partial charge >= 0.3 is 0 Å². The van der Waals surface area contributed by atoms with Crippen LogP contribution in [0.4, 0.5) is 0 Å². The number of hydrogen-bond donors (Lipinski definition) is 2. The van der Waals surface area contributed by atoms with Crippen molar-refractivity contribution in [3.63, 3.8) is 0 Å². The van der Waals surface area contributed by atoms with E-state index in [2.05, 4.69) is 22.5 Å². The summed E-state index contributed by atoms with van der Waals surface area (Å²) < 4.78 is 32.5. The normalized spacial score (nSPS) is 28.4. The summed E-state index contributed by atoms with van der Waals surface area (Å²) in [7, 11) is -3.21. The second-order valence-electron chi connectivity index (χ2n) is 7.55. The third-order valence-corrected chi connectivity index (χ3v) is 8.87. The Morgan fingerprint density at radius 1 is 1.30 bits per heavy atom. The van der Waals surface area contributed by atoms with Crippen molar-refractivity contribution in [3.05, 3.63) is 0 Å². The number of nitrogens with zero attached hydrogens (tertiary/aromatic N) is 2. The van der Waals surface area contributed by atoms with Crippen molar-refractivity contribution in [2.24, 2.45) is 10.4 Å². The number of guanidine groups is 1. The lowest BCUT2D eigenvalue weighted by Crippen LogP contribution is -2.68. The number of ether oxygens (including phenoxy) is 1. The zero-order valence-electron chi connectivity index (χ0n) is 16.6. The molecule has 7 nitrogen and oxygen atoms in total. The number of rotatable bonds is 8. The van der Waals surface area contributed by atoms with Gasteiger partial charge in [0.05, 0.1) is 18.4 Å². The van der Waals surface area contributed by atoms with Crippen LogP contribution in [-0.2, 0) is 14.8 Å². The predicted molar refractivity (Wildman–Crippen MR) is 112 cm³/mol. The lowest BCUT2D eigenvalue weighted by Gasteiger charge is -2.61. The highest BCUT2D eigenvalue weighted by molar-refractivity contribution is 7.99. The molecule has 156 valence electrons. The molecule has 2 unspecified atom stereocenters. The van der Waals surface area contributed by atoms with Gasteiger partial charge in [-0.25, -0.2) is 12.7 Å². The largest absolute Gasteiger partial charge is 0.378 e. The molecule has 1 saturated heterocycles. The summed E-state index contributed by atoms with van der Waals surface area (Å²) in [6, 6.07) is 0.372. The maximum atomic E-state index is 12.5. The molecule has 1 aliphatic heterocycles. The summed E-state index contributed by atoms with van der Waals surface area (Å²) in [4.78, 5) is 4.55. The number of sulfonamides is 1. The van der Waals surface area contributed by atoms with Crippen molar-refractivity contribution in [1.82, 2.24) is 14.9 Å². The predicted octanol–water partition coefficient (Wildman–Crippen LogP) is 1.27. The minimum Gasteiger partial charge on any atom is -0.378 e. The summed E-state index contributed by atoms with van der Waals surface area (Å²) in [5, 5.41) is 6.82. The molecule has 2 N–H and O–H groups in total. The van der Waals surface area contributed by atoms with E-state index in [1.165, 1.54) is 19.3 Å². The van der Waals surface area contributed by atoms with Crippen LogP contribution in [0.3, 0.4) is 0 Å². The molecule has 0 aromatic heterocycles. The van der Waals surface area contributed by atoms with Gasteiger partial charge in [0.25, 0.3) is 0 Å². The zero-order valence-corrected chi connectivity index (χ0v) is 18.2. The highest BCUT2D eigenvalue weighted by atomic mass is 32.2. The van der Waals surface area contributed by atoms with Crippen LogP contribution in [0.5, 0.6) is 0 Å². The Kier molecular flexibility index (Phi) is 7.32. The lowest BCUT2D eigenvalue weighted by molar-refractivity contribution is -0.168. The van der Waals surface area contributed by atoms with E-state index in [1.807, 2.05) is 18.7 Å². The fraction of sp³-hybridized carbons (Fsp3) is 0.944. The fourth-order valence-electron chi connectivity index (χ4n) is 4.35. The van der Waals surface area contributed by atoms with Gasteiger partial charge in [-0.15, -0.1) is 0 Å². The van der Waals surface area contributed by atoms with E-state index in [4.69, 9.17) is 4.74 Å². The molecule has 2 atom stereocenters. The first-order chi connectivity index (χ1) is 13.0. The van der Waals surface area contributed by atoms with E-state index in [1.54, 1.807) is 4.31 Å². The molecule has 0 aromatic rings. The average Bonchev–Trinajstić information content (AvgIpc) is 2.60. The molecule has 0 radical (unpaired) electrons. The third kappa shape index (κ3) is 4.74.